The van der Waals surface area contributed by atoms with Crippen molar-refractivity contribution in [2.45, 2.75) is 44.6 Å². The fourth-order valence-electron chi connectivity index (χ4n) is 3.74. The van der Waals surface area contributed by atoms with Crippen LogP contribution in [0.1, 0.15) is 37.7 Å². The summed E-state index contributed by atoms with van der Waals surface area (Å²) in [7, 11) is 0. The van der Waals surface area contributed by atoms with E-state index in [1.807, 2.05) is 4.90 Å². The van der Waals surface area contributed by atoms with E-state index in [2.05, 4.69) is 4.90 Å². The fraction of sp³-hybridized carbons (Fsp3) is 0.611. The molecule has 3 rings (SSSR count). The molecule has 1 aliphatic heterocycles. The van der Waals surface area contributed by atoms with Crippen molar-refractivity contribution in [3.05, 3.63) is 23.8 Å². The number of carbonyl (C=O) groups excluding carboxylic acids is 1. The van der Waals surface area contributed by atoms with Gasteiger partial charge < -0.3 is 15.1 Å². The first-order valence-electron chi connectivity index (χ1n) is 8.66. The molecule has 0 radical (unpaired) electrons. The SMILES string of the molecule is O=C(CCc1ccc(O)c(O)c1)N1CCN(C2CCCC2)CC1. The number of nitrogens with zero attached hydrogens (tertiary/aromatic N) is 2. The van der Waals surface area contributed by atoms with Gasteiger partial charge >= 0.3 is 0 Å². The van der Waals surface area contributed by atoms with E-state index in [0.29, 0.717) is 12.8 Å². The van der Waals surface area contributed by atoms with Gasteiger partial charge in [0.05, 0.1) is 0 Å². The second-order valence-corrected chi connectivity index (χ2v) is 6.68. The summed E-state index contributed by atoms with van der Waals surface area (Å²) in [5.74, 6) is -0.0631. The summed E-state index contributed by atoms with van der Waals surface area (Å²) in [6.07, 6.45) is 6.38. The summed E-state index contributed by atoms with van der Waals surface area (Å²) < 4.78 is 0. The highest BCUT2D eigenvalue weighted by Gasteiger charge is 2.27. The van der Waals surface area contributed by atoms with Gasteiger partial charge in [0, 0.05) is 38.6 Å². The Balaban J connectivity index is 1.44. The van der Waals surface area contributed by atoms with E-state index in [-0.39, 0.29) is 17.4 Å². The van der Waals surface area contributed by atoms with Crippen LogP contribution >= 0.6 is 0 Å². The van der Waals surface area contributed by atoms with Crippen molar-refractivity contribution in [3.63, 3.8) is 0 Å². The fourth-order valence-corrected chi connectivity index (χ4v) is 3.74. The minimum atomic E-state index is -0.125. The van der Waals surface area contributed by atoms with Crippen molar-refractivity contribution in [1.29, 1.82) is 0 Å². The van der Waals surface area contributed by atoms with Gasteiger partial charge in [-0.2, -0.15) is 0 Å². The lowest BCUT2D eigenvalue weighted by atomic mass is 10.1. The molecule has 1 saturated carbocycles. The van der Waals surface area contributed by atoms with Crippen LogP contribution in [0.15, 0.2) is 18.2 Å². The van der Waals surface area contributed by atoms with Crippen molar-refractivity contribution in [2.75, 3.05) is 26.2 Å². The first kappa shape index (κ1) is 16.1. The Kier molecular flexibility index (Phi) is 5.06. The van der Waals surface area contributed by atoms with Gasteiger partial charge in [0.25, 0.3) is 0 Å². The molecule has 1 aromatic rings. The maximum atomic E-state index is 12.3. The van der Waals surface area contributed by atoms with E-state index in [0.717, 1.165) is 37.8 Å². The molecule has 1 amide bonds. The van der Waals surface area contributed by atoms with Crippen LogP contribution in [0.2, 0.25) is 0 Å². The number of phenols is 2. The van der Waals surface area contributed by atoms with Crippen LogP contribution in [0, 0.1) is 0 Å². The van der Waals surface area contributed by atoms with Crippen molar-refractivity contribution in [1.82, 2.24) is 9.80 Å². The van der Waals surface area contributed by atoms with E-state index in [1.54, 1.807) is 6.07 Å². The third-order valence-corrected chi connectivity index (χ3v) is 5.18. The average Bonchev–Trinajstić information content (AvgIpc) is 3.10. The summed E-state index contributed by atoms with van der Waals surface area (Å²) in [6.45, 7) is 3.65. The molecular formula is C18H26N2O3. The Labute approximate surface area is 137 Å². The number of phenolic OH excluding ortho intramolecular Hbond substituents is 2. The van der Waals surface area contributed by atoms with Gasteiger partial charge in [-0.1, -0.05) is 18.9 Å². The Hall–Kier alpha value is -1.75. The zero-order chi connectivity index (χ0) is 16.2. The predicted molar refractivity (Wildman–Crippen MR) is 88.5 cm³/mol. The summed E-state index contributed by atoms with van der Waals surface area (Å²) in [4.78, 5) is 16.9. The monoisotopic (exact) mass is 318 g/mol. The highest BCUT2D eigenvalue weighted by atomic mass is 16.3. The standard InChI is InChI=1S/C18H26N2O3/c21-16-7-5-14(13-17(16)22)6-8-18(23)20-11-9-19(10-12-20)15-3-1-2-4-15/h5,7,13,15,21-22H,1-4,6,8-12H2. The lowest BCUT2D eigenvalue weighted by Gasteiger charge is -2.38. The number of aryl methyl sites for hydroxylation is 1. The molecule has 1 aliphatic carbocycles. The number of carbonyl (C=O) groups is 1. The van der Waals surface area contributed by atoms with Gasteiger partial charge in [0.1, 0.15) is 0 Å². The summed E-state index contributed by atoms with van der Waals surface area (Å²) in [6, 6.07) is 5.49. The number of amides is 1. The number of aromatic hydroxyl groups is 2. The molecule has 126 valence electrons. The highest BCUT2D eigenvalue weighted by Crippen LogP contribution is 2.26. The number of rotatable bonds is 4. The van der Waals surface area contributed by atoms with Crippen LogP contribution in [0.3, 0.4) is 0 Å². The first-order chi connectivity index (χ1) is 11.1. The number of hydrogen-bond donors (Lipinski definition) is 2. The summed E-state index contributed by atoms with van der Waals surface area (Å²) >= 11 is 0. The van der Waals surface area contributed by atoms with Gasteiger partial charge in [-0.15, -0.1) is 0 Å². The van der Waals surface area contributed by atoms with Gasteiger partial charge in [-0.3, -0.25) is 9.69 Å². The third kappa shape index (κ3) is 3.96. The maximum Gasteiger partial charge on any atom is 0.222 e. The third-order valence-electron chi connectivity index (χ3n) is 5.18. The van der Waals surface area contributed by atoms with Crippen LogP contribution in [0.5, 0.6) is 11.5 Å². The van der Waals surface area contributed by atoms with Crippen LogP contribution in [0.25, 0.3) is 0 Å². The number of hydrogen-bond acceptors (Lipinski definition) is 4. The van der Waals surface area contributed by atoms with Gasteiger partial charge in [-0.05, 0) is 37.0 Å². The molecule has 5 heteroatoms. The molecule has 1 saturated heterocycles. The van der Waals surface area contributed by atoms with E-state index in [1.165, 1.54) is 37.8 Å². The average molecular weight is 318 g/mol. The molecule has 0 spiro atoms. The van der Waals surface area contributed by atoms with Crippen LogP contribution in [-0.4, -0.2) is 58.1 Å². The Morgan fingerprint density at radius 2 is 1.74 bits per heavy atom. The molecule has 0 aromatic heterocycles. The second kappa shape index (κ2) is 7.21. The Bertz CT molecular complexity index is 547. The van der Waals surface area contributed by atoms with E-state index >= 15 is 0 Å². The highest BCUT2D eigenvalue weighted by molar-refractivity contribution is 5.76. The molecule has 2 fully saturated rings. The zero-order valence-corrected chi connectivity index (χ0v) is 13.6. The van der Waals surface area contributed by atoms with Gasteiger partial charge in [0.2, 0.25) is 5.91 Å². The van der Waals surface area contributed by atoms with Gasteiger partial charge in [-0.25, -0.2) is 0 Å². The summed E-state index contributed by atoms with van der Waals surface area (Å²) in [5.41, 5.74) is 0.873. The second-order valence-electron chi connectivity index (χ2n) is 6.68. The van der Waals surface area contributed by atoms with E-state index in [4.69, 9.17) is 0 Å². The van der Waals surface area contributed by atoms with Crippen LogP contribution in [0.4, 0.5) is 0 Å². The Morgan fingerprint density at radius 1 is 1.04 bits per heavy atom. The molecule has 23 heavy (non-hydrogen) atoms. The topological polar surface area (TPSA) is 64.0 Å². The molecule has 1 aromatic carbocycles. The molecule has 0 atom stereocenters. The number of piperazine rings is 1. The van der Waals surface area contributed by atoms with Crippen LogP contribution < -0.4 is 0 Å². The smallest absolute Gasteiger partial charge is 0.222 e. The predicted octanol–water partition coefficient (Wildman–Crippen LogP) is 2.12. The minimum Gasteiger partial charge on any atom is -0.504 e. The van der Waals surface area contributed by atoms with E-state index in [9.17, 15) is 15.0 Å². The van der Waals surface area contributed by atoms with Crippen molar-refractivity contribution < 1.29 is 15.0 Å². The lowest BCUT2D eigenvalue weighted by molar-refractivity contribution is -0.133. The molecule has 0 unspecified atom stereocenters. The van der Waals surface area contributed by atoms with E-state index < -0.39 is 0 Å². The quantitative estimate of drug-likeness (QED) is 0.835. The first-order valence-corrected chi connectivity index (χ1v) is 8.66. The molecule has 2 aliphatic rings. The molecule has 1 heterocycles. The van der Waals surface area contributed by atoms with Crippen molar-refractivity contribution in [3.8, 4) is 11.5 Å². The zero-order valence-electron chi connectivity index (χ0n) is 13.6. The largest absolute Gasteiger partial charge is 0.504 e. The van der Waals surface area contributed by atoms with Gasteiger partial charge in [0.15, 0.2) is 11.5 Å². The maximum absolute atomic E-state index is 12.3. The van der Waals surface area contributed by atoms with Crippen molar-refractivity contribution in [2.24, 2.45) is 0 Å². The molecule has 0 bridgehead atoms. The lowest BCUT2D eigenvalue weighted by Crippen LogP contribution is -2.51. The molecule has 5 nitrogen and oxygen atoms in total. The summed E-state index contributed by atoms with van der Waals surface area (Å²) in [5, 5.41) is 18.8. The van der Waals surface area contributed by atoms with Crippen LogP contribution in [-0.2, 0) is 11.2 Å². The molecule has 2 N–H and O–H groups in total. The van der Waals surface area contributed by atoms with Crippen molar-refractivity contribution >= 4 is 5.91 Å². The number of benzene rings is 1. The molecular weight excluding hydrogens is 292 g/mol. The minimum absolute atomic E-state index is 0.122. The Morgan fingerprint density at radius 3 is 2.39 bits per heavy atom. The normalized spacial score (nSPS) is 20.1.